The summed E-state index contributed by atoms with van der Waals surface area (Å²) in [6.45, 7) is 7.75. The number of ether oxygens (including phenoxy) is 1. The van der Waals surface area contributed by atoms with E-state index in [-0.39, 0.29) is 0 Å². The van der Waals surface area contributed by atoms with Gasteiger partial charge in [0, 0.05) is 45.8 Å². The predicted octanol–water partition coefficient (Wildman–Crippen LogP) is 1.59. The molecule has 2 heterocycles. The number of likely N-dealkylation sites (tertiary alicyclic amines) is 1. The van der Waals surface area contributed by atoms with E-state index in [0.29, 0.717) is 6.10 Å². The molecule has 0 saturated carbocycles. The fraction of sp³-hybridized carbons (Fsp3) is 0.625. The molecule has 3 rings (SSSR count). The van der Waals surface area contributed by atoms with Gasteiger partial charge in [-0.25, -0.2) is 0 Å². The Bertz CT molecular complexity index is 471. The van der Waals surface area contributed by atoms with E-state index < -0.39 is 0 Å². The molecule has 0 radical (unpaired) electrons. The molecular weight excluding hydrogens is 330 g/mol. The highest BCUT2D eigenvalue weighted by Gasteiger charge is 2.25. The minimum Gasteiger partial charge on any atom is -0.487 e. The molecule has 0 bridgehead atoms. The molecule has 2 saturated heterocycles. The number of nitrogens with zero attached hydrogens (tertiary/aromatic N) is 2. The highest BCUT2D eigenvalue weighted by molar-refractivity contribution is 9.10. The molecule has 0 atom stereocenters. The Labute approximate surface area is 135 Å². The molecule has 1 N–H and O–H groups in total. The number of hydrogen-bond acceptors (Lipinski definition) is 4. The molecular formula is C16H24BrN3O. The lowest BCUT2D eigenvalue weighted by Crippen LogP contribution is -2.51. The maximum atomic E-state index is 5.99. The van der Waals surface area contributed by atoms with E-state index in [2.05, 4.69) is 56.3 Å². The second-order valence-corrected chi connectivity index (χ2v) is 6.92. The van der Waals surface area contributed by atoms with Crippen LogP contribution >= 0.6 is 15.9 Å². The molecule has 0 aromatic heterocycles. The van der Waals surface area contributed by atoms with Gasteiger partial charge in [0.15, 0.2) is 0 Å². The van der Waals surface area contributed by atoms with Crippen LogP contribution in [0, 0.1) is 0 Å². The number of nitrogens with one attached hydrogen (secondary N) is 1. The summed E-state index contributed by atoms with van der Waals surface area (Å²) in [5, 5.41) is 3.39. The van der Waals surface area contributed by atoms with Gasteiger partial charge in [-0.3, -0.25) is 4.90 Å². The van der Waals surface area contributed by atoms with E-state index in [4.69, 9.17) is 4.74 Å². The average Bonchev–Trinajstić information content (AvgIpc) is 2.47. The third-order valence-corrected chi connectivity index (χ3v) is 4.87. The van der Waals surface area contributed by atoms with Crippen molar-refractivity contribution in [2.24, 2.45) is 0 Å². The van der Waals surface area contributed by atoms with Gasteiger partial charge in [-0.1, -0.05) is 6.07 Å². The summed E-state index contributed by atoms with van der Waals surface area (Å²) in [6.07, 6.45) is 1.45. The smallest absolute Gasteiger partial charge is 0.134 e. The van der Waals surface area contributed by atoms with E-state index in [9.17, 15) is 0 Å². The van der Waals surface area contributed by atoms with Gasteiger partial charge in [0.2, 0.25) is 0 Å². The van der Waals surface area contributed by atoms with Crippen LogP contribution in [0.4, 0.5) is 0 Å². The van der Waals surface area contributed by atoms with Gasteiger partial charge < -0.3 is 15.0 Å². The molecule has 0 unspecified atom stereocenters. The van der Waals surface area contributed by atoms with Crippen molar-refractivity contribution < 1.29 is 4.74 Å². The molecule has 2 fully saturated rings. The lowest BCUT2D eigenvalue weighted by molar-refractivity contribution is 0.0383. The lowest BCUT2D eigenvalue weighted by Gasteiger charge is -2.36. The molecule has 4 nitrogen and oxygen atoms in total. The quantitative estimate of drug-likeness (QED) is 0.869. The van der Waals surface area contributed by atoms with E-state index >= 15 is 0 Å². The molecule has 0 aliphatic carbocycles. The van der Waals surface area contributed by atoms with Crippen LogP contribution in [0.25, 0.3) is 0 Å². The van der Waals surface area contributed by atoms with E-state index in [1.807, 2.05) is 0 Å². The maximum Gasteiger partial charge on any atom is 0.134 e. The zero-order valence-corrected chi connectivity index (χ0v) is 14.2. The van der Waals surface area contributed by atoms with Gasteiger partial charge in [-0.2, -0.15) is 0 Å². The average molecular weight is 354 g/mol. The lowest BCUT2D eigenvalue weighted by atomic mass is 10.1. The maximum absolute atomic E-state index is 5.99. The van der Waals surface area contributed by atoms with Crippen molar-refractivity contribution in [2.75, 3.05) is 52.9 Å². The second kappa shape index (κ2) is 7.09. The largest absolute Gasteiger partial charge is 0.487 e. The van der Waals surface area contributed by atoms with E-state index in [1.165, 1.54) is 5.56 Å². The Kier molecular flexibility index (Phi) is 5.16. The molecule has 0 amide bonds. The Balaban J connectivity index is 1.51. The third-order valence-electron chi connectivity index (χ3n) is 4.25. The fourth-order valence-electron chi connectivity index (χ4n) is 2.91. The van der Waals surface area contributed by atoms with E-state index in [1.54, 1.807) is 0 Å². The number of halogens is 1. The van der Waals surface area contributed by atoms with Gasteiger partial charge in [0.05, 0.1) is 4.47 Å². The minimum absolute atomic E-state index is 0.345. The zero-order chi connectivity index (χ0) is 14.7. The molecule has 2 aliphatic heterocycles. The van der Waals surface area contributed by atoms with Crippen LogP contribution in [-0.4, -0.2) is 68.8 Å². The van der Waals surface area contributed by atoms with Crippen molar-refractivity contribution in [3.8, 4) is 5.75 Å². The molecule has 21 heavy (non-hydrogen) atoms. The topological polar surface area (TPSA) is 27.7 Å². The number of piperazine rings is 1. The van der Waals surface area contributed by atoms with Crippen molar-refractivity contribution >= 4 is 15.9 Å². The Morgan fingerprint density at radius 2 is 2.05 bits per heavy atom. The monoisotopic (exact) mass is 353 g/mol. The first kappa shape index (κ1) is 15.3. The normalized spacial score (nSPS) is 21.2. The standard InChI is InChI=1S/C16H24BrN3O/c1-19-11-14(12-19)21-16-3-2-13(10-15(16)17)4-7-20-8-5-18-6-9-20/h2-3,10,14,18H,4-9,11-12H2,1H3. The highest BCUT2D eigenvalue weighted by Crippen LogP contribution is 2.28. The highest BCUT2D eigenvalue weighted by atomic mass is 79.9. The van der Waals surface area contributed by atoms with Crippen molar-refractivity contribution in [3.63, 3.8) is 0 Å². The van der Waals surface area contributed by atoms with Crippen molar-refractivity contribution in [1.82, 2.24) is 15.1 Å². The molecule has 116 valence electrons. The molecule has 1 aromatic carbocycles. The Morgan fingerprint density at radius 1 is 1.29 bits per heavy atom. The van der Waals surface area contributed by atoms with Crippen LogP contribution in [0.5, 0.6) is 5.75 Å². The van der Waals surface area contributed by atoms with Crippen LogP contribution in [0.1, 0.15) is 5.56 Å². The predicted molar refractivity (Wildman–Crippen MR) is 89.1 cm³/mol. The molecule has 5 heteroatoms. The summed E-state index contributed by atoms with van der Waals surface area (Å²) < 4.78 is 7.07. The van der Waals surface area contributed by atoms with Crippen molar-refractivity contribution in [3.05, 3.63) is 28.2 Å². The van der Waals surface area contributed by atoms with Gasteiger partial charge in [0.25, 0.3) is 0 Å². The molecule has 2 aliphatic rings. The third kappa shape index (κ3) is 4.19. The van der Waals surface area contributed by atoms with Crippen LogP contribution in [-0.2, 0) is 6.42 Å². The van der Waals surface area contributed by atoms with Gasteiger partial charge in [-0.05, 0) is 47.1 Å². The first-order valence-corrected chi connectivity index (χ1v) is 8.57. The van der Waals surface area contributed by atoms with Crippen LogP contribution in [0.2, 0.25) is 0 Å². The first-order valence-electron chi connectivity index (χ1n) is 7.77. The van der Waals surface area contributed by atoms with Crippen LogP contribution in [0.3, 0.4) is 0 Å². The number of hydrogen-bond donors (Lipinski definition) is 1. The second-order valence-electron chi connectivity index (χ2n) is 6.07. The van der Waals surface area contributed by atoms with Crippen LogP contribution in [0.15, 0.2) is 22.7 Å². The zero-order valence-electron chi connectivity index (χ0n) is 12.6. The van der Waals surface area contributed by atoms with Gasteiger partial charge >= 0.3 is 0 Å². The summed E-state index contributed by atoms with van der Waals surface area (Å²) in [6, 6.07) is 6.51. The molecule has 0 spiro atoms. The summed E-state index contributed by atoms with van der Waals surface area (Å²) in [5.41, 5.74) is 1.37. The molecule has 1 aromatic rings. The van der Waals surface area contributed by atoms with Crippen molar-refractivity contribution in [1.29, 1.82) is 0 Å². The van der Waals surface area contributed by atoms with Crippen molar-refractivity contribution in [2.45, 2.75) is 12.5 Å². The number of likely N-dealkylation sites (N-methyl/N-ethyl adjacent to an activating group) is 1. The Hall–Kier alpha value is -0.620. The number of benzene rings is 1. The SMILES string of the molecule is CN1CC(Oc2ccc(CCN3CCNCC3)cc2Br)C1. The van der Waals surface area contributed by atoms with Crippen LogP contribution < -0.4 is 10.1 Å². The minimum atomic E-state index is 0.345. The number of rotatable bonds is 5. The fourth-order valence-corrected chi connectivity index (χ4v) is 3.43. The summed E-state index contributed by atoms with van der Waals surface area (Å²) in [4.78, 5) is 4.79. The van der Waals surface area contributed by atoms with Gasteiger partial charge in [-0.15, -0.1) is 0 Å². The summed E-state index contributed by atoms with van der Waals surface area (Å²) in [5.74, 6) is 0.971. The Morgan fingerprint density at radius 3 is 2.71 bits per heavy atom. The summed E-state index contributed by atoms with van der Waals surface area (Å²) >= 11 is 3.65. The van der Waals surface area contributed by atoms with Gasteiger partial charge in [0.1, 0.15) is 11.9 Å². The summed E-state index contributed by atoms with van der Waals surface area (Å²) in [7, 11) is 2.12. The first-order chi connectivity index (χ1) is 10.2. The van der Waals surface area contributed by atoms with E-state index in [0.717, 1.165) is 62.5 Å².